The van der Waals surface area contributed by atoms with Gasteiger partial charge in [0.15, 0.2) is 0 Å². The van der Waals surface area contributed by atoms with Crippen LogP contribution in [0.25, 0.3) is 0 Å². The Morgan fingerprint density at radius 3 is 2.48 bits per heavy atom. The summed E-state index contributed by atoms with van der Waals surface area (Å²) in [5.41, 5.74) is 0.729. The number of hydrogen-bond donors (Lipinski definition) is 2. The van der Waals surface area contributed by atoms with Gasteiger partial charge >= 0.3 is 6.03 Å². The van der Waals surface area contributed by atoms with Crippen LogP contribution in [-0.4, -0.2) is 72.3 Å². The lowest BCUT2D eigenvalue weighted by Gasteiger charge is -2.29. The summed E-state index contributed by atoms with van der Waals surface area (Å²) in [4.78, 5) is 28.4. The van der Waals surface area contributed by atoms with E-state index >= 15 is 0 Å². The van der Waals surface area contributed by atoms with Crippen LogP contribution in [0.4, 0.5) is 4.79 Å². The quantitative estimate of drug-likeness (QED) is 0.756. The highest BCUT2D eigenvalue weighted by molar-refractivity contribution is 6.07. The van der Waals surface area contributed by atoms with Gasteiger partial charge in [0.25, 0.3) is 5.91 Å². The van der Waals surface area contributed by atoms with E-state index in [1.807, 2.05) is 31.2 Å². The number of benzene rings is 1. The predicted molar refractivity (Wildman–Crippen MR) is 92.0 cm³/mol. The number of aliphatic hydroxyl groups is 1. The van der Waals surface area contributed by atoms with Gasteiger partial charge in [0.05, 0.1) is 25.9 Å². The van der Waals surface area contributed by atoms with Crippen molar-refractivity contribution in [1.29, 1.82) is 0 Å². The standard InChI is InChI=1S/C18H25N3O4/c1-13-3-5-14(6-4-13)18(2)16(23)21(17(24)19-18)12-15(22)11-20-7-9-25-10-8-20/h3-6,15,22H,7-12H2,1-2H3,(H,19,24)/t15-,18-/m1/s1. The Labute approximate surface area is 147 Å². The number of nitrogens with one attached hydrogen (secondary N) is 1. The summed E-state index contributed by atoms with van der Waals surface area (Å²) in [6.07, 6.45) is -0.784. The number of urea groups is 1. The van der Waals surface area contributed by atoms with Crippen LogP contribution in [0.3, 0.4) is 0 Å². The lowest BCUT2D eigenvalue weighted by Crippen LogP contribution is -2.46. The Balaban J connectivity index is 1.67. The molecule has 0 bridgehead atoms. The average molecular weight is 347 g/mol. The zero-order valence-corrected chi connectivity index (χ0v) is 14.7. The SMILES string of the molecule is Cc1ccc([C@@]2(C)NC(=O)N(C[C@H](O)CN3CCOCC3)C2=O)cc1. The molecule has 7 nitrogen and oxygen atoms in total. The summed E-state index contributed by atoms with van der Waals surface area (Å²) in [6.45, 7) is 6.85. The Bertz CT molecular complexity index is 642. The molecule has 0 radical (unpaired) electrons. The molecule has 136 valence electrons. The zero-order chi connectivity index (χ0) is 18.0. The molecule has 7 heteroatoms. The number of morpholine rings is 1. The lowest BCUT2D eigenvalue weighted by atomic mass is 9.91. The van der Waals surface area contributed by atoms with Gasteiger partial charge in [-0.1, -0.05) is 29.8 Å². The maximum atomic E-state index is 12.8. The van der Waals surface area contributed by atoms with E-state index in [4.69, 9.17) is 4.74 Å². The zero-order valence-electron chi connectivity index (χ0n) is 14.7. The van der Waals surface area contributed by atoms with Crippen molar-refractivity contribution in [3.8, 4) is 0 Å². The fourth-order valence-electron chi connectivity index (χ4n) is 3.30. The normalized spacial score (nSPS) is 26.0. The molecule has 2 saturated heterocycles. The van der Waals surface area contributed by atoms with E-state index in [9.17, 15) is 14.7 Å². The average Bonchev–Trinajstić information content (AvgIpc) is 2.80. The minimum Gasteiger partial charge on any atom is -0.390 e. The van der Waals surface area contributed by atoms with Crippen LogP contribution in [0.15, 0.2) is 24.3 Å². The Morgan fingerprint density at radius 1 is 1.20 bits per heavy atom. The summed E-state index contributed by atoms with van der Waals surface area (Å²) in [6, 6.07) is 7.06. The minimum atomic E-state index is -1.09. The van der Waals surface area contributed by atoms with Crippen LogP contribution >= 0.6 is 0 Å². The van der Waals surface area contributed by atoms with Gasteiger partial charge < -0.3 is 15.2 Å². The van der Waals surface area contributed by atoms with Crippen molar-refractivity contribution < 1.29 is 19.4 Å². The van der Waals surface area contributed by atoms with Crippen LogP contribution in [0.1, 0.15) is 18.1 Å². The molecule has 1 aromatic carbocycles. The number of carbonyl (C=O) groups excluding carboxylic acids is 2. The van der Waals surface area contributed by atoms with Crippen LogP contribution in [0.5, 0.6) is 0 Å². The molecule has 0 aliphatic carbocycles. The molecule has 2 heterocycles. The first-order valence-electron chi connectivity index (χ1n) is 8.59. The van der Waals surface area contributed by atoms with Crippen molar-refractivity contribution in [3.63, 3.8) is 0 Å². The minimum absolute atomic E-state index is 0.0104. The van der Waals surface area contributed by atoms with E-state index in [0.717, 1.165) is 29.1 Å². The first-order chi connectivity index (χ1) is 11.9. The first-order valence-corrected chi connectivity index (χ1v) is 8.59. The molecule has 3 amide bonds. The summed E-state index contributed by atoms with van der Waals surface area (Å²) in [5, 5.41) is 13.1. The number of aliphatic hydroxyl groups excluding tert-OH is 1. The first kappa shape index (κ1) is 17.8. The van der Waals surface area contributed by atoms with Gasteiger partial charge in [0.2, 0.25) is 0 Å². The monoisotopic (exact) mass is 347 g/mol. The third kappa shape index (κ3) is 3.68. The molecule has 0 unspecified atom stereocenters. The number of ether oxygens (including phenoxy) is 1. The summed E-state index contributed by atoms with van der Waals surface area (Å²) < 4.78 is 5.28. The predicted octanol–water partition coefficient (Wildman–Crippen LogP) is 0.455. The van der Waals surface area contributed by atoms with Crippen molar-refractivity contribution in [1.82, 2.24) is 15.1 Å². The molecule has 3 rings (SSSR count). The van der Waals surface area contributed by atoms with Gasteiger partial charge in [-0.05, 0) is 19.4 Å². The van der Waals surface area contributed by atoms with Crippen molar-refractivity contribution in [2.75, 3.05) is 39.4 Å². The van der Waals surface area contributed by atoms with Gasteiger partial charge in [0, 0.05) is 19.6 Å². The van der Waals surface area contributed by atoms with Crippen LogP contribution in [0.2, 0.25) is 0 Å². The second-order valence-electron chi connectivity index (χ2n) is 6.90. The van der Waals surface area contributed by atoms with Gasteiger partial charge in [-0.25, -0.2) is 4.79 Å². The van der Waals surface area contributed by atoms with Crippen molar-refractivity contribution in [3.05, 3.63) is 35.4 Å². The van der Waals surface area contributed by atoms with Crippen molar-refractivity contribution in [2.45, 2.75) is 25.5 Å². The van der Waals surface area contributed by atoms with E-state index in [0.29, 0.717) is 19.8 Å². The van der Waals surface area contributed by atoms with Crippen molar-refractivity contribution >= 4 is 11.9 Å². The second-order valence-corrected chi connectivity index (χ2v) is 6.90. The number of amides is 3. The summed E-state index contributed by atoms with van der Waals surface area (Å²) >= 11 is 0. The highest BCUT2D eigenvalue weighted by Crippen LogP contribution is 2.29. The van der Waals surface area contributed by atoms with Gasteiger partial charge in [0.1, 0.15) is 5.54 Å². The van der Waals surface area contributed by atoms with Gasteiger partial charge in [-0.3, -0.25) is 14.6 Å². The number of nitrogens with zero attached hydrogens (tertiary/aromatic N) is 2. The molecule has 2 atom stereocenters. The van der Waals surface area contributed by atoms with Crippen LogP contribution < -0.4 is 5.32 Å². The third-order valence-corrected chi connectivity index (χ3v) is 4.87. The summed E-state index contributed by atoms with van der Waals surface area (Å²) in [5.74, 6) is -0.331. The number of hydrogen-bond acceptors (Lipinski definition) is 5. The topological polar surface area (TPSA) is 82.1 Å². The maximum Gasteiger partial charge on any atom is 0.325 e. The molecule has 2 N–H and O–H groups in total. The molecular weight excluding hydrogens is 322 g/mol. The summed E-state index contributed by atoms with van der Waals surface area (Å²) in [7, 11) is 0. The van der Waals surface area contributed by atoms with Crippen LogP contribution in [0, 0.1) is 6.92 Å². The van der Waals surface area contributed by atoms with E-state index in [1.165, 1.54) is 0 Å². The highest BCUT2D eigenvalue weighted by Gasteiger charge is 2.49. The lowest BCUT2D eigenvalue weighted by molar-refractivity contribution is -0.132. The number of aryl methyl sites for hydroxylation is 1. The van der Waals surface area contributed by atoms with E-state index < -0.39 is 17.7 Å². The maximum absolute atomic E-state index is 12.8. The molecular formula is C18H25N3O4. The van der Waals surface area contributed by atoms with E-state index in [2.05, 4.69) is 10.2 Å². The molecule has 2 aliphatic rings. The molecule has 25 heavy (non-hydrogen) atoms. The number of imide groups is 1. The van der Waals surface area contributed by atoms with E-state index in [-0.39, 0.29) is 12.5 Å². The Kier molecular flexibility index (Phi) is 5.08. The fraction of sp³-hybridized carbons (Fsp3) is 0.556. The Hall–Kier alpha value is -1.96. The second kappa shape index (κ2) is 7.11. The van der Waals surface area contributed by atoms with Gasteiger partial charge in [-0.15, -0.1) is 0 Å². The number of β-amino-alcohol motifs (C(OH)–C–C–N with tert-alkyl or cyclic N) is 1. The third-order valence-electron chi connectivity index (χ3n) is 4.87. The highest BCUT2D eigenvalue weighted by atomic mass is 16.5. The molecule has 0 saturated carbocycles. The molecule has 1 aromatic rings. The van der Waals surface area contributed by atoms with Crippen LogP contribution in [-0.2, 0) is 15.1 Å². The van der Waals surface area contributed by atoms with Crippen molar-refractivity contribution in [2.24, 2.45) is 0 Å². The molecule has 2 aliphatic heterocycles. The molecule has 0 aromatic heterocycles. The smallest absolute Gasteiger partial charge is 0.325 e. The number of rotatable bonds is 5. The van der Waals surface area contributed by atoms with E-state index in [1.54, 1.807) is 6.92 Å². The Morgan fingerprint density at radius 2 is 1.84 bits per heavy atom. The molecule has 2 fully saturated rings. The molecule has 0 spiro atoms. The number of carbonyl (C=O) groups is 2. The van der Waals surface area contributed by atoms with Gasteiger partial charge in [-0.2, -0.15) is 0 Å². The fourth-order valence-corrected chi connectivity index (χ4v) is 3.30. The largest absolute Gasteiger partial charge is 0.390 e.